The van der Waals surface area contributed by atoms with Gasteiger partial charge in [-0.2, -0.15) is 0 Å². The average molecular weight is 263 g/mol. The lowest BCUT2D eigenvalue weighted by Crippen LogP contribution is -2.44. The first-order chi connectivity index (χ1) is 9.13. The van der Waals surface area contributed by atoms with Crippen molar-refractivity contribution in [2.45, 2.75) is 18.6 Å². The molecule has 1 aromatic rings. The van der Waals surface area contributed by atoms with E-state index < -0.39 is 18.1 Å². The summed E-state index contributed by atoms with van der Waals surface area (Å²) in [6.45, 7) is 0.625. The fourth-order valence-electron chi connectivity index (χ4n) is 2.34. The van der Waals surface area contributed by atoms with Crippen molar-refractivity contribution in [2.75, 3.05) is 20.2 Å². The number of carbonyl (C=O) groups excluding carboxylic acids is 2. The van der Waals surface area contributed by atoms with Crippen molar-refractivity contribution in [3.63, 3.8) is 0 Å². The minimum absolute atomic E-state index is 0.0661. The molecular formula is C14H17NO4. The second-order valence-electron chi connectivity index (χ2n) is 4.58. The highest BCUT2D eigenvalue weighted by Crippen LogP contribution is 2.19. The van der Waals surface area contributed by atoms with Gasteiger partial charge in [-0.15, -0.1) is 0 Å². The Morgan fingerprint density at radius 2 is 2.05 bits per heavy atom. The Labute approximate surface area is 111 Å². The molecule has 1 aliphatic heterocycles. The summed E-state index contributed by atoms with van der Waals surface area (Å²) in [7, 11) is 1.28. The number of benzene rings is 1. The van der Waals surface area contributed by atoms with Crippen LogP contribution in [-0.4, -0.2) is 54.1 Å². The van der Waals surface area contributed by atoms with Crippen molar-refractivity contribution in [3.05, 3.63) is 35.9 Å². The molecule has 2 rings (SSSR count). The van der Waals surface area contributed by atoms with E-state index in [1.54, 1.807) is 29.2 Å². The zero-order valence-electron chi connectivity index (χ0n) is 10.8. The number of hydrogen-bond acceptors (Lipinski definition) is 5. The van der Waals surface area contributed by atoms with Crippen molar-refractivity contribution < 1.29 is 19.4 Å². The largest absolute Gasteiger partial charge is 0.468 e. The van der Waals surface area contributed by atoms with Gasteiger partial charge in [0.15, 0.2) is 5.78 Å². The summed E-state index contributed by atoms with van der Waals surface area (Å²) < 4.78 is 4.67. The van der Waals surface area contributed by atoms with E-state index in [0.29, 0.717) is 18.5 Å². The number of rotatable bonds is 4. The lowest BCUT2D eigenvalue weighted by molar-refractivity contribution is -0.148. The summed E-state index contributed by atoms with van der Waals surface area (Å²) in [6, 6.07) is 8.17. The molecule has 0 bridgehead atoms. The molecule has 0 amide bonds. The Kier molecular flexibility index (Phi) is 4.29. The fraction of sp³-hybridized carbons (Fsp3) is 0.429. The van der Waals surface area contributed by atoms with Crippen molar-refractivity contribution in [2.24, 2.45) is 0 Å². The number of aliphatic hydroxyl groups is 1. The quantitative estimate of drug-likeness (QED) is 0.632. The van der Waals surface area contributed by atoms with Crippen LogP contribution in [0.2, 0.25) is 0 Å². The lowest BCUT2D eigenvalue weighted by atomic mass is 10.1. The Morgan fingerprint density at radius 3 is 2.68 bits per heavy atom. The zero-order valence-corrected chi connectivity index (χ0v) is 10.8. The van der Waals surface area contributed by atoms with Crippen LogP contribution in [0.3, 0.4) is 0 Å². The number of nitrogens with zero attached hydrogens (tertiary/aromatic N) is 1. The summed E-state index contributed by atoms with van der Waals surface area (Å²) >= 11 is 0. The highest BCUT2D eigenvalue weighted by Gasteiger charge is 2.39. The molecule has 1 N–H and O–H groups in total. The molecule has 0 aliphatic carbocycles. The monoisotopic (exact) mass is 263 g/mol. The summed E-state index contributed by atoms with van der Waals surface area (Å²) in [5, 5.41) is 9.79. The maximum absolute atomic E-state index is 12.1. The van der Waals surface area contributed by atoms with Crippen LogP contribution in [0.15, 0.2) is 30.3 Å². The summed E-state index contributed by atoms with van der Waals surface area (Å²) in [5.41, 5.74) is 0.604. The van der Waals surface area contributed by atoms with E-state index in [9.17, 15) is 14.7 Å². The number of aliphatic hydroxyl groups excluding tert-OH is 1. The second kappa shape index (κ2) is 5.95. The third-order valence-electron chi connectivity index (χ3n) is 3.36. The maximum Gasteiger partial charge on any atom is 0.325 e. The van der Waals surface area contributed by atoms with Gasteiger partial charge in [-0.05, 0) is 6.42 Å². The van der Waals surface area contributed by atoms with Gasteiger partial charge in [-0.1, -0.05) is 30.3 Å². The molecule has 1 saturated heterocycles. The van der Waals surface area contributed by atoms with Crippen LogP contribution in [0.5, 0.6) is 0 Å². The third-order valence-corrected chi connectivity index (χ3v) is 3.36. The van der Waals surface area contributed by atoms with E-state index in [1.807, 2.05) is 6.07 Å². The summed E-state index contributed by atoms with van der Waals surface area (Å²) in [6.07, 6.45) is -0.294. The Balaban J connectivity index is 2.06. The van der Waals surface area contributed by atoms with Crippen molar-refractivity contribution in [3.8, 4) is 0 Å². The molecule has 1 fully saturated rings. The predicted molar refractivity (Wildman–Crippen MR) is 68.8 cm³/mol. The number of methoxy groups -OCH3 is 1. The topological polar surface area (TPSA) is 66.8 Å². The first kappa shape index (κ1) is 13.7. The molecule has 1 heterocycles. The lowest BCUT2D eigenvalue weighted by Gasteiger charge is -2.22. The van der Waals surface area contributed by atoms with Crippen molar-refractivity contribution in [1.82, 2.24) is 4.90 Å². The highest BCUT2D eigenvalue weighted by molar-refractivity contribution is 5.97. The first-order valence-corrected chi connectivity index (χ1v) is 6.21. The number of Topliss-reactive ketones (excluding diaryl/α,β-unsaturated/α-hetero) is 1. The van der Waals surface area contributed by atoms with Gasteiger partial charge < -0.3 is 9.84 Å². The molecule has 5 heteroatoms. The third kappa shape index (κ3) is 3.00. The van der Waals surface area contributed by atoms with Crippen LogP contribution in [0.4, 0.5) is 0 Å². The Bertz CT molecular complexity index is 460. The fourth-order valence-corrected chi connectivity index (χ4v) is 2.34. The number of carbonyl (C=O) groups is 2. The van der Waals surface area contributed by atoms with Gasteiger partial charge in [0.05, 0.1) is 19.8 Å². The van der Waals surface area contributed by atoms with Crippen LogP contribution in [-0.2, 0) is 9.53 Å². The highest BCUT2D eigenvalue weighted by atomic mass is 16.5. The van der Waals surface area contributed by atoms with Gasteiger partial charge in [-0.3, -0.25) is 14.5 Å². The van der Waals surface area contributed by atoms with Crippen LogP contribution >= 0.6 is 0 Å². The molecular weight excluding hydrogens is 246 g/mol. The molecule has 0 radical (unpaired) electrons. The molecule has 2 atom stereocenters. The van der Waals surface area contributed by atoms with Gasteiger partial charge in [0.1, 0.15) is 6.04 Å². The molecule has 1 aliphatic rings. The molecule has 19 heavy (non-hydrogen) atoms. The first-order valence-electron chi connectivity index (χ1n) is 6.21. The molecule has 1 aromatic carbocycles. The molecule has 0 saturated carbocycles. The van der Waals surface area contributed by atoms with E-state index in [2.05, 4.69) is 4.74 Å². The SMILES string of the molecule is COC(=O)[C@@H]1[C@@H](O)CCN1CC(=O)c1ccccc1. The Hall–Kier alpha value is -1.72. The van der Waals surface area contributed by atoms with Gasteiger partial charge in [0.25, 0.3) is 0 Å². The van der Waals surface area contributed by atoms with Crippen molar-refractivity contribution >= 4 is 11.8 Å². The molecule has 0 aromatic heterocycles. The number of esters is 1. The summed E-state index contributed by atoms with van der Waals surface area (Å²) in [4.78, 5) is 25.4. The molecule has 5 nitrogen and oxygen atoms in total. The van der Waals surface area contributed by atoms with Crippen LogP contribution in [0.25, 0.3) is 0 Å². The van der Waals surface area contributed by atoms with Gasteiger partial charge in [-0.25, -0.2) is 0 Å². The van der Waals surface area contributed by atoms with E-state index in [0.717, 1.165) is 0 Å². The van der Waals surface area contributed by atoms with Gasteiger partial charge in [0.2, 0.25) is 0 Å². The van der Waals surface area contributed by atoms with Crippen LogP contribution in [0.1, 0.15) is 16.8 Å². The van der Waals surface area contributed by atoms with E-state index in [1.165, 1.54) is 7.11 Å². The van der Waals surface area contributed by atoms with Crippen LogP contribution in [0, 0.1) is 0 Å². The van der Waals surface area contributed by atoms with Gasteiger partial charge in [0, 0.05) is 12.1 Å². The molecule has 0 spiro atoms. The molecule has 102 valence electrons. The van der Waals surface area contributed by atoms with Crippen LogP contribution < -0.4 is 0 Å². The zero-order chi connectivity index (χ0) is 13.8. The molecule has 0 unspecified atom stereocenters. The number of likely N-dealkylation sites (tertiary alicyclic amines) is 1. The predicted octanol–water partition coefficient (Wildman–Crippen LogP) is 0.477. The number of ether oxygens (including phenoxy) is 1. The number of ketones is 1. The maximum atomic E-state index is 12.1. The van der Waals surface area contributed by atoms with E-state index >= 15 is 0 Å². The average Bonchev–Trinajstić information content (AvgIpc) is 2.80. The van der Waals surface area contributed by atoms with E-state index in [-0.39, 0.29) is 12.3 Å². The number of hydrogen-bond donors (Lipinski definition) is 1. The normalized spacial score (nSPS) is 23.3. The minimum atomic E-state index is -0.768. The summed E-state index contributed by atoms with van der Waals surface area (Å²) in [5.74, 6) is -0.561. The minimum Gasteiger partial charge on any atom is -0.468 e. The van der Waals surface area contributed by atoms with Crippen molar-refractivity contribution in [1.29, 1.82) is 0 Å². The Morgan fingerprint density at radius 1 is 1.37 bits per heavy atom. The van der Waals surface area contributed by atoms with E-state index in [4.69, 9.17) is 0 Å². The standard InChI is InChI=1S/C14H17NO4/c1-19-14(18)13-11(16)7-8-15(13)9-12(17)10-5-3-2-4-6-10/h2-6,11,13,16H,7-9H2,1H3/t11-,13-/m0/s1. The van der Waals surface area contributed by atoms with Gasteiger partial charge >= 0.3 is 5.97 Å². The smallest absolute Gasteiger partial charge is 0.325 e. The second-order valence-corrected chi connectivity index (χ2v) is 4.58.